The zero-order valence-electron chi connectivity index (χ0n) is 18.7. The largest absolute Gasteiger partial charge is 0.479 e. The summed E-state index contributed by atoms with van der Waals surface area (Å²) >= 11 is 0. The van der Waals surface area contributed by atoms with Gasteiger partial charge in [-0.05, 0) is 22.3 Å². The molecule has 0 bridgehead atoms. The van der Waals surface area contributed by atoms with E-state index < -0.39 is 23.5 Å². The van der Waals surface area contributed by atoms with Gasteiger partial charge in [0.25, 0.3) is 0 Å². The number of hydrogen-bond acceptors (Lipinski definition) is 5. The molecular weight excluding hydrogens is 424 g/mol. The summed E-state index contributed by atoms with van der Waals surface area (Å²) in [5.41, 5.74) is 3.17. The number of amides is 2. The minimum atomic E-state index is -1.37. The van der Waals surface area contributed by atoms with E-state index in [9.17, 15) is 19.5 Å². The zero-order chi connectivity index (χ0) is 23.6. The number of carboxylic acids is 1. The van der Waals surface area contributed by atoms with Crippen LogP contribution >= 0.6 is 0 Å². The minimum Gasteiger partial charge on any atom is -0.479 e. The maximum atomic E-state index is 12.8. The number of rotatable bonds is 7. The van der Waals surface area contributed by atoms with Gasteiger partial charge in [0.2, 0.25) is 5.91 Å². The second-order valence-electron chi connectivity index (χ2n) is 8.64. The van der Waals surface area contributed by atoms with Crippen LogP contribution in [0.3, 0.4) is 0 Å². The van der Waals surface area contributed by atoms with Crippen LogP contribution in [0.2, 0.25) is 0 Å². The van der Waals surface area contributed by atoms with Crippen molar-refractivity contribution < 1.29 is 29.0 Å². The molecule has 1 fully saturated rings. The molecule has 1 heterocycles. The van der Waals surface area contributed by atoms with E-state index in [1.807, 2.05) is 36.4 Å². The lowest BCUT2D eigenvalue weighted by Gasteiger charge is -2.35. The average molecular weight is 453 g/mol. The number of carbonyl (C=O) groups is 3. The number of aliphatic carboxylic acids is 1. The molecule has 0 saturated carbocycles. The van der Waals surface area contributed by atoms with Crippen molar-refractivity contribution in [3.8, 4) is 11.1 Å². The molecule has 2 aromatic rings. The lowest BCUT2D eigenvalue weighted by Crippen LogP contribution is -2.57. The quantitative estimate of drug-likeness (QED) is 0.669. The van der Waals surface area contributed by atoms with Crippen LogP contribution in [0.5, 0.6) is 0 Å². The molecule has 0 radical (unpaired) electrons. The van der Waals surface area contributed by atoms with E-state index in [-0.39, 0.29) is 44.6 Å². The molecule has 2 unspecified atom stereocenters. The molecule has 1 saturated heterocycles. The third-order valence-corrected chi connectivity index (χ3v) is 6.69. The highest BCUT2D eigenvalue weighted by atomic mass is 16.5. The normalized spacial score (nSPS) is 19.9. The van der Waals surface area contributed by atoms with Crippen LogP contribution < -0.4 is 5.32 Å². The average Bonchev–Trinajstić information content (AvgIpc) is 3.45. The molecule has 33 heavy (non-hydrogen) atoms. The van der Waals surface area contributed by atoms with Crippen molar-refractivity contribution in [2.75, 3.05) is 33.4 Å². The van der Waals surface area contributed by atoms with E-state index in [1.54, 1.807) is 6.92 Å². The molecule has 0 spiro atoms. The van der Waals surface area contributed by atoms with Crippen molar-refractivity contribution in [1.82, 2.24) is 10.2 Å². The van der Waals surface area contributed by atoms with Crippen molar-refractivity contribution in [3.63, 3.8) is 0 Å². The molecule has 8 nitrogen and oxygen atoms in total. The number of carboxylic acid groups (broad SMARTS) is 1. The molecule has 0 aromatic heterocycles. The molecule has 2 aromatic carbocycles. The van der Waals surface area contributed by atoms with Crippen LogP contribution in [0.1, 0.15) is 30.4 Å². The number of carbonyl (C=O) groups excluding carboxylic acids is 2. The Bertz CT molecular complexity index is 1020. The highest BCUT2D eigenvalue weighted by Crippen LogP contribution is 2.44. The maximum Gasteiger partial charge on any atom is 0.407 e. The lowest BCUT2D eigenvalue weighted by molar-refractivity contribution is -0.159. The highest BCUT2D eigenvalue weighted by molar-refractivity contribution is 5.88. The summed E-state index contributed by atoms with van der Waals surface area (Å²) in [5, 5.41) is 12.3. The van der Waals surface area contributed by atoms with Crippen LogP contribution in [0.15, 0.2) is 48.5 Å². The molecule has 174 valence electrons. The standard InChI is InChI=1S/C25H28N2O6/c1-16(22(28)27(2)25(23(29)30)11-12-32-15-25)13-26-24(31)33-14-21-19-9-5-3-7-17(19)18-8-4-6-10-20(18)21/h3-10,16,21H,11-15H2,1-2H3,(H,26,31)(H,29,30). The van der Waals surface area contributed by atoms with Gasteiger partial charge in [-0.25, -0.2) is 9.59 Å². The monoisotopic (exact) mass is 452 g/mol. The van der Waals surface area contributed by atoms with Crippen molar-refractivity contribution in [2.24, 2.45) is 5.92 Å². The Balaban J connectivity index is 1.33. The number of benzene rings is 2. The number of alkyl carbamates (subject to hydrolysis) is 1. The Kier molecular flexibility index (Phi) is 6.37. The van der Waals surface area contributed by atoms with Gasteiger partial charge >= 0.3 is 12.1 Å². The van der Waals surface area contributed by atoms with Crippen LogP contribution in [-0.4, -0.2) is 66.9 Å². The van der Waals surface area contributed by atoms with Gasteiger partial charge in [-0.2, -0.15) is 0 Å². The minimum absolute atomic E-state index is 0.0381. The smallest absolute Gasteiger partial charge is 0.407 e. The first-order valence-corrected chi connectivity index (χ1v) is 11.0. The predicted octanol–water partition coefficient (Wildman–Crippen LogP) is 2.86. The molecule has 4 rings (SSSR count). The number of fused-ring (bicyclic) bond motifs is 3. The van der Waals surface area contributed by atoms with Gasteiger partial charge < -0.3 is 24.8 Å². The zero-order valence-corrected chi connectivity index (χ0v) is 18.7. The Morgan fingerprint density at radius 1 is 1.15 bits per heavy atom. The van der Waals surface area contributed by atoms with Crippen molar-refractivity contribution in [3.05, 3.63) is 59.7 Å². The van der Waals surface area contributed by atoms with Gasteiger partial charge in [-0.3, -0.25) is 4.79 Å². The molecule has 2 aliphatic rings. The fourth-order valence-corrected chi connectivity index (χ4v) is 4.65. The van der Waals surface area contributed by atoms with Crippen LogP contribution in [0.25, 0.3) is 11.1 Å². The fourth-order valence-electron chi connectivity index (χ4n) is 4.65. The third-order valence-electron chi connectivity index (χ3n) is 6.69. The predicted molar refractivity (Wildman–Crippen MR) is 121 cm³/mol. The first-order valence-electron chi connectivity index (χ1n) is 11.0. The van der Waals surface area contributed by atoms with Gasteiger partial charge in [0, 0.05) is 32.5 Å². The molecule has 1 aliphatic heterocycles. The Morgan fingerprint density at radius 2 is 1.76 bits per heavy atom. The molecule has 2 N–H and O–H groups in total. The van der Waals surface area contributed by atoms with E-state index in [4.69, 9.17) is 9.47 Å². The van der Waals surface area contributed by atoms with Gasteiger partial charge in [0.15, 0.2) is 5.54 Å². The number of ether oxygens (including phenoxy) is 2. The maximum absolute atomic E-state index is 12.8. The van der Waals surface area contributed by atoms with Crippen molar-refractivity contribution >= 4 is 18.0 Å². The van der Waals surface area contributed by atoms with Gasteiger partial charge in [-0.1, -0.05) is 55.5 Å². The first-order chi connectivity index (χ1) is 15.8. The number of likely N-dealkylation sites (N-methyl/N-ethyl adjacent to an activating group) is 1. The topological polar surface area (TPSA) is 105 Å². The summed E-state index contributed by atoms with van der Waals surface area (Å²) in [7, 11) is 1.47. The molecule has 1 aliphatic carbocycles. The van der Waals surface area contributed by atoms with E-state index in [0.717, 1.165) is 22.3 Å². The Labute approximate surface area is 192 Å². The van der Waals surface area contributed by atoms with Crippen LogP contribution in [-0.2, 0) is 19.1 Å². The third kappa shape index (κ3) is 4.18. The molecule has 8 heteroatoms. The van der Waals surface area contributed by atoms with Gasteiger partial charge in [-0.15, -0.1) is 0 Å². The Hall–Kier alpha value is -3.39. The summed E-state index contributed by atoms with van der Waals surface area (Å²) in [4.78, 5) is 38.2. The summed E-state index contributed by atoms with van der Waals surface area (Å²) in [6.07, 6.45) is -0.381. The number of hydrogen-bond donors (Lipinski definition) is 2. The van der Waals surface area contributed by atoms with Gasteiger partial charge in [0.05, 0.1) is 12.5 Å². The van der Waals surface area contributed by atoms with E-state index in [1.165, 1.54) is 11.9 Å². The molecular formula is C25H28N2O6. The summed E-state index contributed by atoms with van der Waals surface area (Å²) < 4.78 is 10.7. The van der Waals surface area contributed by atoms with E-state index >= 15 is 0 Å². The highest BCUT2D eigenvalue weighted by Gasteiger charge is 2.48. The summed E-state index contributed by atoms with van der Waals surface area (Å²) in [6, 6.07) is 16.2. The number of nitrogens with zero attached hydrogens (tertiary/aromatic N) is 1. The second-order valence-corrected chi connectivity index (χ2v) is 8.64. The van der Waals surface area contributed by atoms with Gasteiger partial charge in [0.1, 0.15) is 6.61 Å². The lowest BCUT2D eigenvalue weighted by atomic mass is 9.95. The molecule has 2 amide bonds. The van der Waals surface area contributed by atoms with Crippen molar-refractivity contribution in [2.45, 2.75) is 24.8 Å². The SMILES string of the molecule is CC(CNC(=O)OCC1c2ccccc2-c2ccccc21)C(=O)N(C)C1(C(=O)O)CCOC1. The van der Waals surface area contributed by atoms with E-state index in [0.29, 0.717) is 0 Å². The number of nitrogens with one attached hydrogen (secondary N) is 1. The molecule has 2 atom stereocenters. The Morgan fingerprint density at radius 3 is 2.30 bits per heavy atom. The first kappa shape index (κ1) is 22.8. The van der Waals surface area contributed by atoms with Crippen LogP contribution in [0.4, 0.5) is 4.79 Å². The van der Waals surface area contributed by atoms with E-state index in [2.05, 4.69) is 17.4 Å². The van der Waals surface area contributed by atoms with Crippen molar-refractivity contribution in [1.29, 1.82) is 0 Å². The second kappa shape index (κ2) is 9.23. The summed E-state index contributed by atoms with van der Waals surface area (Å²) in [5.74, 6) is -2.13. The fraction of sp³-hybridized carbons (Fsp3) is 0.400. The summed E-state index contributed by atoms with van der Waals surface area (Å²) in [6.45, 7) is 2.11. The van der Waals surface area contributed by atoms with Crippen LogP contribution in [0, 0.1) is 5.92 Å².